The number of nitrogen functional groups attached to an aromatic ring is 1. The second-order valence-corrected chi connectivity index (χ2v) is 5.50. The minimum Gasteiger partial charge on any atom is -0.368 e. The van der Waals surface area contributed by atoms with Gasteiger partial charge in [0, 0.05) is 18.8 Å². The third-order valence-electron chi connectivity index (χ3n) is 3.73. The molecule has 0 spiro atoms. The molecule has 1 unspecified atom stereocenters. The number of nitrogens with two attached hydrogens (primary N) is 1. The summed E-state index contributed by atoms with van der Waals surface area (Å²) in [5.74, 6) is -1.29. The SMILES string of the molecule is Cc1cc(C(=O)N2CCNC(=O)C2c2cccc(F)c2)nc(N)n1. The molecular weight excluding hydrogens is 313 g/mol. The molecule has 0 aliphatic carbocycles. The van der Waals surface area contributed by atoms with Crippen molar-refractivity contribution in [3.05, 3.63) is 53.1 Å². The van der Waals surface area contributed by atoms with Crippen LogP contribution >= 0.6 is 0 Å². The van der Waals surface area contributed by atoms with Crippen molar-refractivity contribution in [3.63, 3.8) is 0 Å². The smallest absolute Gasteiger partial charge is 0.273 e. The lowest BCUT2D eigenvalue weighted by atomic mass is 10.0. The van der Waals surface area contributed by atoms with E-state index in [2.05, 4.69) is 15.3 Å². The first-order valence-electron chi connectivity index (χ1n) is 7.41. The topological polar surface area (TPSA) is 101 Å². The Bertz CT molecular complexity index is 791. The lowest BCUT2D eigenvalue weighted by Crippen LogP contribution is -2.52. The van der Waals surface area contributed by atoms with Crippen LogP contribution in [0.1, 0.15) is 27.8 Å². The maximum absolute atomic E-state index is 13.5. The zero-order valence-corrected chi connectivity index (χ0v) is 13.0. The molecular formula is C16H16FN5O2. The van der Waals surface area contributed by atoms with Crippen LogP contribution in [0.4, 0.5) is 10.3 Å². The Morgan fingerprint density at radius 1 is 1.38 bits per heavy atom. The first kappa shape index (κ1) is 15.9. The van der Waals surface area contributed by atoms with Crippen molar-refractivity contribution in [2.45, 2.75) is 13.0 Å². The van der Waals surface area contributed by atoms with Crippen molar-refractivity contribution >= 4 is 17.8 Å². The van der Waals surface area contributed by atoms with Crippen LogP contribution in [-0.2, 0) is 4.79 Å². The van der Waals surface area contributed by atoms with Crippen LogP contribution in [0, 0.1) is 12.7 Å². The molecule has 7 nitrogen and oxygen atoms in total. The Labute approximate surface area is 137 Å². The summed E-state index contributed by atoms with van der Waals surface area (Å²) in [7, 11) is 0. The van der Waals surface area contributed by atoms with Gasteiger partial charge in [-0.2, -0.15) is 0 Å². The Morgan fingerprint density at radius 2 is 2.17 bits per heavy atom. The molecule has 2 amide bonds. The maximum Gasteiger partial charge on any atom is 0.273 e. The van der Waals surface area contributed by atoms with Crippen molar-refractivity contribution in [3.8, 4) is 0 Å². The molecule has 1 aromatic heterocycles. The van der Waals surface area contributed by atoms with Gasteiger partial charge < -0.3 is 16.0 Å². The number of halogens is 1. The highest BCUT2D eigenvalue weighted by Gasteiger charge is 2.35. The average Bonchev–Trinajstić information content (AvgIpc) is 2.53. The molecule has 1 aliphatic rings. The second kappa shape index (κ2) is 6.23. The standard InChI is InChI=1S/C16H16FN5O2/c1-9-7-12(21-16(18)20-9)15(24)22-6-5-19-14(23)13(22)10-3-2-4-11(17)8-10/h2-4,7-8,13H,5-6H2,1H3,(H,19,23)(H2,18,20,21). The number of piperazine rings is 1. The minimum atomic E-state index is -0.918. The van der Waals surface area contributed by atoms with Crippen LogP contribution in [-0.4, -0.2) is 39.8 Å². The van der Waals surface area contributed by atoms with Gasteiger partial charge in [-0.1, -0.05) is 12.1 Å². The van der Waals surface area contributed by atoms with E-state index in [9.17, 15) is 14.0 Å². The molecule has 1 aromatic carbocycles. The third kappa shape index (κ3) is 3.03. The van der Waals surface area contributed by atoms with Gasteiger partial charge >= 0.3 is 0 Å². The summed E-state index contributed by atoms with van der Waals surface area (Å²) in [5, 5.41) is 2.70. The third-order valence-corrected chi connectivity index (χ3v) is 3.73. The van der Waals surface area contributed by atoms with Gasteiger partial charge in [0.15, 0.2) is 0 Å². The maximum atomic E-state index is 13.5. The van der Waals surface area contributed by atoms with Gasteiger partial charge in [-0.05, 0) is 30.7 Å². The van der Waals surface area contributed by atoms with E-state index in [0.29, 0.717) is 17.8 Å². The Kier molecular flexibility index (Phi) is 4.11. The Hall–Kier alpha value is -3.03. The average molecular weight is 329 g/mol. The second-order valence-electron chi connectivity index (χ2n) is 5.50. The zero-order chi connectivity index (χ0) is 17.3. The number of carbonyl (C=O) groups is 2. The van der Waals surface area contributed by atoms with E-state index in [-0.39, 0.29) is 24.1 Å². The van der Waals surface area contributed by atoms with Crippen LogP contribution in [0.5, 0.6) is 0 Å². The van der Waals surface area contributed by atoms with Crippen LogP contribution in [0.3, 0.4) is 0 Å². The lowest BCUT2D eigenvalue weighted by molar-refractivity contribution is -0.128. The summed E-state index contributed by atoms with van der Waals surface area (Å²) in [6, 6.07) is 6.23. The fourth-order valence-corrected chi connectivity index (χ4v) is 2.74. The number of aryl methyl sites for hydroxylation is 1. The molecule has 2 heterocycles. The predicted molar refractivity (Wildman–Crippen MR) is 84.4 cm³/mol. The number of amides is 2. The number of anilines is 1. The van der Waals surface area contributed by atoms with Gasteiger partial charge in [0.2, 0.25) is 11.9 Å². The first-order valence-corrected chi connectivity index (χ1v) is 7.41. The summed E-state index contributed by atoms with van der Waals surface area (Å²) < 4.78 is 13.5. The van der Waals surface area contributed by atoms with Crippen molar-refractivity contribution in [2.24, 2.45) is 0 Å². The van der Waals surface area contributed by atoms with Crippen molar-refractivity contribution in [1.82, 2.24) is 20.2 Å². The fourth-order valence-electron chi connectivity index (χ4n) is 2.74. The van der Waals surface area contributed by atoms with Gasteiger partial charge in [0.25, 0.3) is 5.91 Å². The number of aromatic nitrogens is 2. The molecule has 0 bridgehead atoms. The van der Waals surface area contributed by atoms with Gasteiger partial charge in [-0.15, -0.1) is 0 Å². The van der Waals surface area contributed by atoms with E-state index in [1.54, 1.807) is 13.0 Å². The number of rotatable bonds is 2. The van der Waals surface area contributed by atoms with E-state index < -0.39 is 17.8 Å². The molecule has 1 fully saturated rings. The number of hydrogen-bond acceptors (Lipinski definition) is 5. The normalized spacial score (nSPS) is 17.5. The fraction of sp³-hybridized carbons (Fsp3) is 0.250. The molecule has 8 heteroatoms. The zero-order valence-electron chi connectivity index (χ0n) is 13.0. The molecule has 1 atom stereocenters. The molecule has 24 heavy (non-hydrogen) atoms. The van der Waals surface area contributed by atoms with Crippen molar-refractivity contribution in [2.75, 3.05) is 18.8 Å². The quantitative estimate of drug-likeness (QED) is 0.849. The van der Waals surface area contributed by atoms with Crippen molar-refractivity contribution < 1.29 is 14.0 Å². The molecule has 0 saturated carbocycles. The van der Waals surface area contributed by atoms with Gasteiger partial charge in [0.05, 0.1) is 0 Å². The number of benzene rings is 1. The number of nitrogens with one attached hydrogen (secondary N) is 1. The molecule has 1 saturated heterocycles. The summed E-state index contributed by atoms with van der Waals surface area (Å²) >= 11 is 0. The monoisotopic (exact) mass is 329 g/mol. The van der Waals surface area contributed by atoms with Gasteiger partial charge in [-0.25, -0.2) is 14.4 Å². The Morgan fingerprint density at radius 3 is 2.88 bits per heavy atom. The van der Waals surface area contributed by atoms with E-state index in [0.717, 1.165) is 0 Å². The summed E-state index contributed by atoms with van der Waals surface area (Å²) in [6.45, 7) is 2.30. The molecule has 124 valence electrons. The van der Waals surface area contributed by atoms with Crippen LogP contribution in [0.15, 0.2) is 30.3 Å². The van der Waals surface area contributed by atoms with E-state index in [4.69, 9.17) is 5.73 Å². The Balaban J connectivity index is 2.00. The van der Waals surface area contributed by atoms with Crippen LogP contribution in [0.25, 0.3) is 0 Å². The molecule has 3 N–H and O–H groups in total. The van der Waals surface area contributed by atoms with E-state index in [1.807, 2.05) is 0 Å². The molecule has 0 radical (unpaired) electrons. The largest absolute Gasteiger partial charge is 0.368 e. The van der Waals surface area contributed by atoms with Gasteiger partial charge in [-0.3, -0.25) is 9.59 Å². The van der Waals surface area contributed by atoms with Crippen LogP contribution < -0.4 is 11.1 Å². The predicted octanol–water partition coefficient (Wildman–Crippen LogP) is 0.820. The highest BCUT2D eigenvalue weighted by atomic mass is 19.1. The molecule has 1 aliphatic heterocycles. The minimum absolute atomic E-state index is 0.0119. The number of carbonyl (C=O) groups excluding carboxylic acids is 2. The summed E-state index contributed by atoms with van der Waals surface area (Å²) in [6.07, 6.45) is 0. The van der Waals surface area contributed by atoms with Crippen LogP contribution in [0.2, 0.25) is 0 Å². The summed E-state index contributed by atoms with van der Waals surface area (Å²) in [4.78, 5) is 34.4. The van der Waals surface area contributed by atoms with Crippen molar-refractivity contribution in [1.29, 1.82) is 0 Å². The first-order chi connectivity index (χ1) is 11.5. The highest BCUT2D eigenvalue weighted by molar-refractivity contribution is 5.97. The number of nitrogens with zero attached hydrogens (tertiary/aromatic N) is 3. The highest BCUT2D eigenvalue weighted by Crippen LogP contribution is 2.25. The van der Waals surface area contributed by atoms with Gasteiger partial charge in [0.1, 0.15) is 17.6 Å². The summed E-state index contributed by atoms with van der Waals surface area (Å²) in [5.41, 5.74) is 6.66. The van der Waals surface area contributed by atoms with E-state index >= 15 is 0 Å². The lowest BCUT2D eigenvalue weighted by Gasteiger charge is -2.35. The number of hydrogen-bond donors (Lipinski definition) is 2. The molecule has 2 aromatic rings. The van der Waals surface area contributed by atoms with E-state index in [1.165, 1.54) is 29.2 Å². The molecule has 3 rings (SSSR count).